The van der Waals surface area contributed by atoms with Gasteiger partial charge in [0.15, 0.2) is 17.6 Å². The Balaban J connectivity index is 1.56. The Kier molecular flexibility index (Phi) is 6.21. The number of aliphatic hydroxyl groups excluding tert-OH is 3. The second-order valence-corrected chi connectivity index (χ2v) is 7.85. The number of aliphatic carboxylic acids is 1. The lowest BCUT2D eigenvalue weighted by Gasteiger charge is -2.38. The van der Waals surface area contributed by atoms with Crippen LogP contribution < -0.4 is 14.2 Å². The number of aliphatic hydroxyl groups is 3. The highest BCUT2D eigenvalue weighted by atomic mass is 16.7. The summed E-state index contributed by atoms with van der Waals surface area (Å²) in [7, 11) is 1.44. The van der Waals surface area contributed by atoms with E-state index in [2.05, 4.69) is 0 Å². The first-order valence-electron chi connectivity index (χ1n) is 10.2. The SMILES string of the molecule is COc1ccc(C2CCc3c(O)cc(OC4OC(C(=O)O)C(O)C(O)C4O)cc3O2)cc1O. The summed E-state index contributed by atoms with van der Waals surface area (Å²) >= 11 is 0. The second kappa shape index (κ2) is 8.94. The Morgan fingerprint density at radius 3 is 2.45 bits per heavy atom. The monoisotopic (exact) mass is 464 g/mol. The standard InChI is InChI=1S/C22H24O11/c1-30-15-4-2-9(6-13(15)24)14-5-3-11-12(23)7-10(8-16(11)32-14)31-22-19(27)17(25)18(26)20(33-22)21(28)29/h2,4,6-8,14,17-20,22-27H,3,5H2,1H3,(H,28,29). The lowest BCUT2D eigenvalue weighted by Crippen LogP contribution is -2.61. The van der Waals surface area contributed by atoms with E-state index < -0.39 is 42.8 Å². The van der Waals surface area contributed by atoms with E-state index in [4.69, 9.17) is 24.1 Å². The Labute approximate surface area is 188 Å². The van der Waals surface area contributed by atoms with Gasteiger partial charge in [-0.2, -0.15) is 0 Å². The number of benzene rings is 2. The van der Waals surface area contributed by atoms with Crippen molar-refractivity contribution in [3.05, 3.63) is 41.5 Å². The van der Waals surface area contributed by atoms with Gasteiger partial charge in [-0.25, -0.2) is 4.79 Å². The van der Waals surface area contributed by atoms with E-state index in [1.807, 2.05) is 0 Å². The Morgan fingerprint density at radius 2 is 1.79 bits per heavy atom. The quantitative estimate of drug-likeness (QED) is 0.362. The number of carboxylic acids is 1. The van der Waals surface area contributed by atoms with Crippen LogP contribution in [0.2, 0.25) is 0 Å². The molecule has 178 valence electrons. The molecule has 2 aliphatic heterocycles. The van der Waals surface area contributed by atoms with Crippen molar-refractivity contribution >= 4 is 5.97 Å². The number of phenols is 2. The molecule has 2 aliphatic rings. The summed E-state index contributed by atoms with van der Waals surface area (Å²) in [6.07, 6.45) is -8.30. The van der Waals surface area contributed by atoms with Crippen molar-refractivity contribution in [1.29, 1.82) is 0 Å². The second-order valence-electron chi connectivity index (χ2n) is 7.85. The number of rotatable bonds is 5. The minimum Gasteiger partial charge on any atom is -0.507 e. The van der Waals surface area contributed by atoms with Crippen LogP contribution >= 0.6 is 0 Å². The maximum absolute atomic E-state index is 11.3. The fourth-order valence-corrected chi connectivity index (χ4v) is 3.94. The topological polar surface area (TPSA) is 175 Å². The largest absolute Gasteiger partial charge is 0.507 e. The van der Waals surface area contributed by atoms with E-state index in [0.717, 1.165) is 0 Å². The summed E-state index contributed by atoms with van der Waals surface area (Å²) in [5, 5.41) is 59.6. The number of phenolic OH excluding ortho intramolecular Hbond substituents is 2. The highest BCUT2D eigenvalue weighted by Crippen LogP contribution is 2.43. The third-order valence-electron chi connectivity index (χ3n) is 5.72. The first-order chi connectivity index (χ1) is 15.7. The number of hydrogen-bond donors (Lipinski definition) is 6. The van der Waals surface area contributed by atoms with Crippen LogP contribution in [0.1, 0.15) is 23.7 Å². The van der Waals surface area contributed by atoms with Crippen molar-refractivity contribution in [2.75, 3.05) is 7.11 Å². The van der Waals surface area contributed by atoms with Crippen LogP contribution in [0, 0.1) is 0 Å². The molecule has 0 bridgehead atoms. The summed E-state index contributed by atoms with van der Waals surface area (Å²) in [6, 6.07) is 7.58. The predicted molar refractivity (Wildman–Crippen MR) is 109 cm³/mol. The average molecular weight is 464 g/mol. The van der Waals surface area contributed by atoms with E-state index >= 15 is 0 Å². The molecule has 1 saturated heterocycles. The molecule has 6 atom stereocenters. The van der Waals surface area contributed by atoms with Crippen molar-refractivity contribution < 1.29 is 54.4 Å². The molecule has 33 heavy (non-hydrogen) atoms. The molecule has 4 rings (SSSR count). The van der Waals surface area contributed by atoms with Crippen LogP contribution in [-0.4, -0.2) is 74.4 Å². The van der Waals surface area contributed by atoms with Gasteiger partial charge >= 0.3 is 5.97 Å². The maximum Gasteiger partial charge on any atom is 0.335 e. The van der Waals surface area contributed by atoms with E-state index in [9.17, 15) is 30.3 Å². The molecule has 11 nitrogen and oxygen atoms in total. The van der Waals surface area contributed by atoms with Gasteiger partial charge in [-0.15, -0.1) is 0 Å². The molecule has 11 heteroatoms. The number of methoxy groups -OCH3 is 1. The molecule has 6 unspecified atom stereocenters. The van der Waals surface area contributed by atoms with Crippen LogP contribution in [0.4, 0.5) is 0 Å². The van der Waals surface area contributed by atoms with Crippen molar-refractivity contribution in [3.63, 3.8) is 0 Å². The molecule has 0 spiro atoms. The van der Waals surface area contributed by atoms with Crippen LogP contribution in [0.5, 0.6) is 28.7 Å². The third-order valence-corrected chi connectivity index (χ3v) is 5.72. The molecule has 0 saturated carbocycles. The summed E-state index contributed by atoms with van der Waals surface area (Å²) in [5.41, 5.74) is 1.22. The predicted octanol–water partition coefficient (Wildman–Crippen LogP) is 0.444. The van der Waals surface area contributed by atoms with Gasteiger partial charge in [0.2, 0.25) is 6.29 Å². The highest BCUT2D eigenvalue weighted by molar-refractivity contribution is 5.73. The molecular formula is C22H24O11. The van der Waals surface area contributed by atoms with E-state index in [1.165, 1.54) is 25.3 Å². The summed E-state index contributed by atoms with van der Waals surface area (Å²) in [4.78, 5) is 11.3. The lowest BCUT2D eigenvalue weighted by atomic mass is 9.96. The van der Waals surface area contributed by atoms with E-state index in [0.29, 0.717) is 29.7 Å². The molecule has 2 heterocycles. The van der Waals surface area contributed by atoms with Crippen LogP contribution in [-0.2, 0) is 16.0 Å². The summed E-state index contributed by atoms with van der Waals surface area (Å²) < 4.78 is 21.7. The van der Waals surface area contributed by atoms with E-state index in [-0.39, 0.29) is 23.0 Å². The zero-order chi connectivity index (χ0) is 23.9. The van der Waals surface area contributed by atoms with Crippen molar-refractivity contribution in [2.24, 2.45) is 0 Å². The third kappa shape index (κ3) is 4.35. The maximum atomic E-state index is 11.3. The first-order valence-corrected chi connectivity index (χ1v) is 10.2. The molecule has 0 radical (unpaired) electrons. The van der Waals surface area contributed by atoms with Gasteiger partial charge in [0.05, 0.1) is 7.11 Å². The van der Waals surface area contributed by atoms with E-state index in [1.54, 1.807) is 12.1 Å². The molecule has 1 fully saturated rings. The van der Waals surface area contributed by atoms with Gasteiger partial charge in [0.25, 0.3) is 0 Å². The zero-order valence-electron chi connectivity index (χ0n) is 17.5. The van der Waals surface area contributed by atoms with Gasteiger partial charge in [-0.1, -0.05) is 6.07 Å². The van der Waals surface area contributed by atoms with Crippen molar-refractivity contribution in [1.82, 2.24) is 0 Å². The Hall–Kier alpha value is -3.25. The van der Waals surface area contributed by atoms with Gasteiger partial charge in [-0.3, -0.25) is 0 Å². The van der Waals surface area contributed by atoms with Crippen LogP contribution in [0.15, 0.2) is 30.3 Å². The zero-order valence-corrected chi connectivity index (χ0v) is 17.5. The number of aromatic hydroxyl groups is 2. The molecule has 0 aliphatic carbocycles. The van der Waals surface area contributed by atoms with Gasteiger partial charge in [0.1, 0.15) is 41.7 Å². The molecule has 0 amide bonds. The number of ether oxygens (including phenoxy) is 4. The minimum absolute atomic E-state index is 0.0127. The van der Waals surface area contributed by atoms with Gasteiger partial charge in [-0.05, 0) is 30.5 Å². The average Bonchev–Trinajstić information content (AvgIpc) is 2.78. The fourth-order valence-electron chi connectivity index (χ4n) is 3.94. The number of carboxylic acid groups (broad SMARTS) is 1. The smallest absolute Gasteiger partial charge is 0.335 e. The van der Waals surface area contributed by atoms with Crippen LogP contribution in [0.3, 0.4) is 0 Å². The van der Waals surface area contributed by atoms with Crippen molar-refractivity contribution in [2.45, 2.75) is 49.7 Å². The molecular weight excluding hydrogens is 440 g/mol. The Morgan fingerprint density at radius 1 is 1.03 bits per heavy atom. The highest BCUT2D eigenvalue weighted by Gasteiger charge is 2.48. The molecule has 2 aromatic carbocycles. The summed E-state index contributed by atoms with van der Waals surface area (Å²) in [5.74, 6) is -1.12. The number of fused-ring (bicyclic) bond motifs is 1. The van der Waals surface area contributed by atoms with Crippen LogP contribution in [0.25, 0.3) is 0 Å². The normalized spacial score (nSPS) is 29.0. The fraction of sp³-hybridized carbons (Fsp3) is 0.409. The Bertz CT molecular complexity index is 1040. The lowest BCUT2D eigenvalue weighted by molar-refractivity contribution is -0.271. The van der Waals surface area contributed by atoms with Gasteiger partial charge in [0, 0.05) is 17.7 Å². The molecule has 6 N–H and O–H groups in total. The van der Waals surface area contributed by atoms with Crippen molar-refractivity contribution in [3.8, 4) is 28.7 Å². The molecule has 0 aromatic heterocycles. The number of carbonyl (C=O) groups is 1. The minimum atomic E-state index is -1.85. The first kappa shape index (κ1) is 22.9. The number of hydrogen-bond acceptors (Lipinski definition) is 10. The summed E-state index contributed by atoms with van der Waals surface area (Å²) in [6.45, 7) is 0. The van der Waals surface area contributed by atoms with Gasteiger partial charge < -0.3 is 49.6 Å². The molecule has 2 aromatic rings.